The zero-order chi connectivity index (χ0) is 26.2. The lowest BCUT2D eigenvalue weighted by Crippen LogP contribution is -2.38. The number of benzene rings is 2. The number of ether oxygens (including phenoxy) is 1. The number of rotatable bonds is 8. The number of hydrogen-bond donors (Lipinski definition) is 4. The number of carbonyl (C=O) groups is 2. The van der Waals surface area contributed by atoms with E-state index in [1.54, 1.807) is 12.1 Å². The highest BCUT2D eigenvalue weighted by molar-refractivity contribution is 5.85. The summed E-state index contributed by atoms with van der Waals surface area (Å²) in [6.45, 7) is 0.665. The molecule has 8 heteroatoms. The first-order valence-corrected chi connectivity index (χ1v) is 12.7. The maximum atomic E-state index is 13.3. The standard InChI is InChI=1S/C29H34N4O4/c1-37-29(36)31-24-13-11-21(12-14-24)23-16-26(32-27(34)17-23)25(15-19-5-3-2-4-6-19)33-28(35)22-9-7-20(18-30)8-10-22/h2-6,11-14,16-17,20,22,25H,7-10,15,18,30H2,1H3,(H,31,36)(H,32,34)(H,33,35)/t20?,22?,25-/m0/s1. The van der Waals surface area contributed by atoms with Crippen LogP contribution >= 0.6 is 0 Å². The minimum Gasteiger partial charge on any atom is -0.453 e. The molecule has 37 heavy (non-hydrogen) atoms. The van der Waals surface area contributed by atoms with Gasteiger partial charge in [0, 0.05) is 23.4 Å². The number of amides is 2. The molecular formula is C29H34N4O4. The minimum atomic E-state index is -0.554. The van der Waals surface area contributed by atoms with Gasteiger partial charge in [-0.1, -0.05) is 42.5 Å². The van der Waals surface area contributed by atoms with Crippen molar-refractivity contribution in [2.24, 2.45) is 17.6 Å². The van der Waals surface area contributed by atoms with E-state index in [4.69, 9.17) is 5.73 Å². The van der Waals surface area contributed by atoms with Crippen LogP contribution in [-0.4, -0.2) is 30.6 Å². The molecule has 5 N–H and O–H groups in total. The third-order valence-corrected chi connectivity index (χ3v) is 7.04. The van der Waals surface area contributed by atoms with Gasteiger partial charge in [0.1, 0.15) is 0 Å². The Labute approximate surface area is 216 Å². The molecule has 8 nitrogen and oxygen atoms in total. The Bertz CT molecular complexity index is 1250. The van der Waals surface area contributed by atoms with Crippen LogP contribution in [0.5, 0.6) is 0 Å². The summed E-state index contributed by atoms with van der Waals surface area (Å²) in [6.07, 6.45) is 3.58. The van der Waals surface area contributed by atoms with Gasteiger partial charge in [-0.05, 0) is 79.5 Å². The molecule has 0 saturated heterocycles. The van der Waals surface area contributed by atoms with Crippen molar-refractivity contribution >= 4 is 17.7 Å². The van der Waals surface area contributed by atoms with Gasteiger partial charge < -0.3 is 20.8 Å². The quantitative estimate of drug-likeness (QED) is 0.364. The van der Waals surface area contributed by atoms with E-state index in [1.165, 1.54) is 13.2 Å². The summed E-state index contributed by atoms with van der Waals surface area (Å²) in [6, 6.07) is 20.1. The fraction of sp³-hybridized carbons (Fsp3) is 0.345. The van der Waals surface area contributed by atoms with E-state index in [0.717, 1.165) is 42.4 Å². The van der Waals surface area contributed by atoms with Crippen molar-refractivity contribution in [2.75, 3.05) is 19.0 Å². The molecule has 4 rings (SSSR count). The Morgan fingerprint density at radius 2 is 1.70 bits per heavy atom. The highest BCUT2D eigenvalue weighted by Gasteiger charge is 2.28. The van der Waals surface area contributed by atoms with Gasteiger partial charge in [0.05, 0.1) is 13.2 Å². The number of methoxy groups -OCH3 is 1. The number of H-pyrrole nitrogens is 1. The lowest BCUT2D eigenvalue weighted by atomic mass is 9.81. The molecule has 2 amide bonds. The summed E-state index contributed by atoms with van der Waals surface area (Å²) in [5.74, 6) is 0.457. The SMILES string of the molecule is COC(=O)Nc1ccc(-c2cc([C@H](Cc3ccccc3)NC(=O)C3CCC(CN)CC3)[nH]c(=O)c2)cc1. The van der Waals surface area contributed by atoms with Crippen LogP contribution in [0.25, 0.3) is 11.1 Å². The molecule has 1 aliphatic rings. The molecule has 1 aromatic heterocycles. The predicted molar refractivity (Wildman–Crippen MR) is 144 cm³/mol. The summed E-state index contributed by atoms with van der Waals surface area (Å²) < 4.78 is 4.63. The number of aromatic nitrogens is 1. The number of nitrogens with two attached hydrogens (primary N) is 1. The maximum absolute atomic E-state index is 13.3. The summed E-state index contributed by atoms with van der Waals surface area (Å²) in [7, 11) is 1.30. The Kier molecular flexibility index (Phi) is 8.74. The Morgan fingerprint density at radius 3 is 2.35 bits per heavy atom. The van der Waals surface area contributed by atoms with Crippen LogP contribution in [0.1, 0.15) is 43.0 Å². The lowest BCUT2D eigenvalue weighted by Gasteiger charge is -2.29. The molecule has 2 aromatic carbocycles. The van der Waals surface area contributed by atoms with Crippen molar-refractivity contribution in [3.63, 3.8) is 0 Å². The first kappa shape index (κ1) is 26.2. The Balaban J connectivity index is 1.59. The third-order valence-electron chi connectivity index (χ3n) is 7.04. The van der Waals surface area contributed by atoms with Crippen LogP contribution in [0.2, 0.25) is 0 Å². The van der Waals surface area contributed by atoms with Crippen molar-refractivity contribution in [3.8, 4) is 11.1 Å². The second kappa shape index (κ2) is 12.4. The van der Waals surface area contributed by atoms with Gasteiger partial charge in [-0.15, -0.1) is 0 Å². The summed E-state index contributed by atoms with van der Waals surface area (Å²) >= 11 is 0. The van der Waals surface area contributed by atoms with E-state index < -0.39 is 12.1 Å². The fourth-order valence-corrected chi connectivity index (χ4v) is 4.87. The van der Waals surface area contributed by atoms with Crippen LogP contribution in [0.15, 0.2) is 71.5 Å². The van der Waals surface area contributed by atoms with E-state index in [1.807, 2.05) is 48.5 Å². The zero-order valence-corrected chi connectivity index (χ0v) is 21.0. The number of hydrogen-bond acceptors (Lipinski definition) is 5. The smallest absolute Gasteiger partial charge is 0.411 e. The van der Waals surface area contributed by atoms with Crippen LogP contribution in [0.4, 0.5) is 10.5 Å². The average Bonchev–Trinajstić information content (AvgIpc) is 2.93. The van der Waals surface area contributed by atoms with E-state index in [0.29, 0.717) is 30.3 Å². The average molecular weight is 503 g/mol. The molecule has 1 fully saturated rings. The van der Waals surface area contributed by atoms with Crippen molar-refractivity contribution in [1.82, 2.24) is 10.3 Å². The van der Waals surface area contributed by atoms with E-state index in [2.05, 4.69) is 20.4 Å². The van der Waals surface area contributed by atoms with Gasteiger partial charge in [0.2, 0.25) is 11.5 Å². The van der Waals surface area contributed by atoms with Crippen LogP contribution in [0, 0.1) is 11.8 Å². The second-order valence-electron chi connectivity index (χ2n) is 9.59. The molecule has 1 aliphatic carbocycles. The van der Waals surface area contributed by atoms with Crippen molar-refractivity contribution in [1.29, 1.82) is 0 Å². The van der Waals surface area contributed by atoms with Crippen molar-refractivity contribution in [3.05, 3.63) is 88.3 Å². The van der Waals surface area contributed by atoms with Gasteiger partial charge in [0.15, 0.2) is 0 Å². The summed E-state index contributed by atoms with van der Waals surface area (Å²) in [4.78, 5) is 40.4. The number of pyridine rings is 1. The lowest BCUT2D eigenvalue weighted by molar-refractivity contribution is -0.127. The van der Waals surface area contributed by atoms with Gasteiger partial charge in [-0.3, -0.25) is 14.9 Å². The van der Waals surface area contributed by atoms with E-state index in [9.17, 15) is 14.4 Å². The minimum absolute atomic E-state index is 0.0147. The molecule has 194 valence electrons. The highest BCUT2D eigenvalue weighted by Crippen LogP contribution is 2.30. The molecule has 0 bridgehead atoms. The third kappa shape index (κ3) is 7.07. The normalized spacial score (nSPS) is 18.0. The molecule has 3 aromatic rings. The summed E-state index contributed by atoms with van der Waals surface area (Å²) in [5, 5.41) is 5.84. The van der Waals surface area contributed by atoms with Gasteiger partial charge in [-0.25, -0.2) is 4.79 Å². The van der Waals surface area contributed by atoms with Crippen LogP contribution in [0.3, 0.4) is 0 Å². The number of carbonyl (C=O) groups excluding carboxylic acids is 2. The van der Waals surface area contributed by atoms with Gasteiger partial charge in [0.25, 0.3) is 0 Å². The first-order valence-electron chi connectivity index (χ1n) is 12.7. The van der Waals surface area contributed by atoms with Crippen LogP contribution < -0.4 is 21.9 Å². The molecule has 1 heterocycles. The number of aromatic amines is 1. The maximum Gasteiger partial charge on any atom is 0.411 e. The topological polar surface area (TPSA) is 126 Å². The molecule has 0 aliphatic heterocycles. The molecule has 1 saturated carbocycles. The van der Waals surface area contributed by atoms with E-state index in [-0.39, 0.29) is 17.4 Å². The monoisotopic (exact) mass is 502 g/mol. The second-order valence-corrected chi connectivity index (χ2v) is 9.59. The molecule has 1 atom stereocenters. The molecule has 0 radical (unpaired) electrons. The zero-order valence-electron chi connectivity index (χ0n) is 21.0. The summed E-state index contributed by atoms with van der Waals surface area (Å²) in [5.41, 5.74) is 9.39. The predicted octanol–water partition coefficient (Wildman–Crippen LogP) is 4.39. The molecule has 0 spiro atoms. The Morgan fingerprint density at radius 1 is 1.00 bits per heavy atom. The van der Waals surface area contributed by atoms with Gasteiger partial charge >= 0.3 is 6.09 Å². The Hall–Kier alpha value is -3.91. The van der Waals surface area contributed by atoms with E-state index >= 15 is 0 Å². The largest absolute Gasteiger partial charge is 0.453 e. The first-order chi connectivity index (χ1) is 17.9. The van der Waals surface area contributed by atoms with Crippen molar-refractivity contribution < 1.29 is 14.3 Å². The molecule has 0 unspecified atom stereocenters. The van der Waals surface area contributed by atoms with Gasteiger partial charge in [-0.2, -0.15) is 0 Å². The number of nitrogens with one attached hydrogen (secondary N) is 3. The highest BCUT2D eigenvalue weighted by atomic mass is 16.5. The fourth-order valence-electron chi connectivity index (χ4n) is 4.87. The van der Waals surface area contributed by atoms with Crippen molar-refractivity contribution in [2.45, 2.75) is 38.1 Å². The van der Waals surface area contributed by atoms with Crippen LogP contribution in [-0.2, 0) is 16.0 Å². The number of anilines is 1. The molecular weight excluding hydrogens is 468 g/mol.